The number of aromatic amines is 2. The number of imidazole rings is 2. The summed E-state index contributed by atoms with van der Waals surface area (Å²) >= 11 is 0. The Kier molecular flexibility index (Phi) is 8.93. The summed E-state index contributed by atoms with van der Waals surface area (Å²) in [6.07, 6.45) is 2.75. The molecule has 1 aliphatic heterocycles. The van der Waals surface area contributed by atoms with Crippen molar-refractivity contribution in [1.29, 1.82) is 0 Å². The third-order valence-electron chi connectivity index (χ3n) is 7.30. The first kappa shape index (κ1) is 29.6. The molecule has 0 saturated carbocycles. The van der Waals surface area contributed by atoms with E-state index >= 15 is 0 Å². The van der Waals surface area contributed by atoms with Gasteiger partial charge in [0.1, 0.15) is 11.4 Å². The SMILES string of the molecule is Cc1ccc(NC(=O)c2nc[nH]c2C(=O)Nc2nc3ccc(OCC4CCN(C(=O)OCC(C)C)CC4)cc3[nH]2)c(C)c1. The molecule has 3 heterocycles. The predicted octanol–water partition coefficient (Wildman–Crippen LogP) is 5.29. The molecule has 226 valence electrons. The molecule has 12 nitrogen and oxygen atoms in total. The lowest BCUT2D eigenvalue weighted by Crippen LogP contribution is -2.40. The fourth-order valence-corrected chi connectivity index (χ4v) is 4.91. The number of nitrogens with one attached hydrogen (secondary N) is 4. The van der Waals surface area contributed by atoms with Crippen LogP contribution in [0.5, 0.6) is 5.75 Å². The number of benzene rings is 2. The Balaban J connectivity index is 1.15. The summed E-state index contributed by atoms with van der Waals surface area (Å²) in [6.45, 7) is 10.2. The number of H-pyrrole nitrogens is 2. The van der Waals surface area contributed by atoms with Gasteiger partial charge in [0.2, 0.25) is 5.95 Å². The molecule has 0 atom stereocenters. The summed E-state index contributed by atoms with van der Waals surface area (Å²) < 4.78 is 11.4. The van der Waals surface area contributed by atoms with E-state index < -0.39 is 11.8 Å². The largest absolute Gasteiger partial charge is 0.493 e. The maximum Gasteiger partial charge on any atom is 0.409 e. The molecule has 1 aliphatic rings. The number of ether oxygens (including phenoxy) is 2. The number of aryl methyl sites for hydroxylation is 2. The normalized spacial score (nSPS) is 13.7. The smallest absolute Gasteiger partial charge is 0.409 e. The van der Waals surface area contributed by atoms with Crippen LogP contribution in [0.3, 0.4) is 0 Å². The molecular weight excluding hydrogens is 550 g/mol. The van der Waals surface area contributed by atoms with Crippen molar-refractivity contribution in [3.63, 3.8) is 0 Å². The van der Waals surface area contributed by atoms with Crippen LogP contribution in [0.1, 0.15) is 58.8 Å². The van der Waals surface area contributed by atoms with Gasteiger partial charge in [0.05, 0.1) is 30.6 Å². The highest BCUT2D eigenvalue weighted by Gasteiger charge is 2.25. The van der Waals surface area contributed by atoms with Crippen LogP contribution in [0.25, 0.3) is 11.0 Å². The lowest BCUT2D eigenvalue weighted by atomic mass is 9.98. The van der Waals surface area contributed by atoms with E-state index in [0.29, 0.717) is 60.6 Å². The summed E-state index contributed by atoms with van der Waals surface area (Å²) in [6, 6.07) is 11.1. The second-order valence-electron chi connectivity index (χ2n) is 11.3. The monoisotopic (exact) mass is 587 g/mol. The van der Waals surface area contributed by atoms with Gasteiger partial charge >= 0.3 is 6.09 Å². The van der Waals surface area contributed by atoms with Crippen LogP contribution >= 0.6 is 0 Å². The van der Waals surface area contributed by atoms with Crippen LogP contribution in [-0.4, -0.2) is 69.0 Å². The molecule has 2 aromatic carbocycles. The second-order valence-corrected chi connectivity index (χ2v) is 11.3. The van der Waals surface area contributed by atoms with Gasteiger partial charge in [-0.3, -0.25) is 14.9 Å². The molecule has 1 saturated heterocycles. The minimum absolute atomic E-state index is 0.0194. The van der Waals surface area contributed by atoms with E-state index in [-0.39, 0.29) is 23.4 Å². The third kappa shape index (κ3) is 7.32. The number of aromatic nitrogens is 4. The molecule has 5 rings (SSSR count). The van der Waals surface area contributed by atoms with E-state index in [1.165, 1.54) is 6.33 Å². The highest BCUT2D eigenvalue weighted by molar-refractivity contribution is 6.13. The van der Waals surface area contributed by atoms with Crippen LogP contribution in [0.4, 0.5) is 16.4 Å². The van der Waals surface area contributed by atoms with Gasteiger partial charge in [-0.15, -0.1) is 0 Å². The second kappa shape index (κ2) is 13.0. The molecular formula is C31H37N7O5. The van der Waals surface area contributed by atoms with Gasteiger partial charge in [0, 0.05) is 24.8 Å². The van der Waals surface area contributed by atoms with E-state index in [0.717, 1.165) is 24.0 Å². The van der Waals surface area contributed by atoms with Gasteiger partial charge in [0.15, 0.2) is 5.69 Å². The quantitative estimate of drug-likeness (QED) is 0.207. The van der Waals surface area contributed by atoms with Crippen molar-refractivity contribution in [2.24, 2.45) is 11.8 Å². The Bertz CT molecular complexity index is 1620. The minimum Gasteiger partial charge on any atom is -0.493 e. The van der Waals surface area contributed by atoms with Crippen LogP contribution < -0.4 is 15.4 Å². The molecule has 0 aliphatic carbocycles. The number of carbonyl (C=O) groups excluding carboxylic acids is 3. The highest BCUT2D eigenvalue weighted by atomic mass is 16.6. The molecule has 0 spiro atoms. The highest BCUT2D eigenvalue weighted by Crippen LogP contribution is 2.24. The van der Waals surface area contributed by atoms with Crippen molar-refractivity contribution >= 4 is 40.6 Å². The van der Waals surface area contributed by atoms with Crippen molar-refractivity contribution in [2.75, 3.05) is 36.9 Å². The molecule has 1 fully saturated rings. The molecule has 4 aromatic rings. The molecule has 2 aromatic heterocycles. The summed E-state index contributed by atoms with van der Waals surface area (Å²) in [5.74, 6) is 0.485. The van der Waals surface area contributed by atoms with Crippen molar-refractivity contribution in [1.82, 2.24) is 24.8 Å². The lowest BCUT2D eigenvalue weighted by Gasteiger charge is -2.31. The zero-order chi connectivity index (χ0) is 30.5. The topological polar surface area (TPSA) is 154 Å². The third-order valence-corrected chi connectivity index (χ3v) is 7.30. The van der Waals surface area contributed by atoms with Gasteiger partial charge in [-0.25, -0.2) is 14.8 Å². The molecule has 0 unspecified atom stereocenters. The standard InChI is InChI=1S/C31H37N7O5/c1-18(2)15-43-31(41)38-11-9-21(10-12-38)16-42-22-6-8-24-25(14-22)36-30(35-24)37-29(40)27-26(32-17-33-27)28(39)34-23-7-5-19(3)13-20(23)4/h5-8,13-14,17-18,21H,9-12,15-16H2,1-4H3,(H,32,33)(H,34,39)(H2,35,36,37,40). The van der Waals surface area contributed by atoms with E-state index in [9.17, 15) is 14.4 Å². The number of piperidine rings is 1. The molecule has 43 heavy (non-hydrogen) atoms. The summed E-state index contributed by atoms with van der Waals surface area (Å²) in [7, 11) is 0. The van der Waals surface area contributed by atoms with Crippen molar-refractivity contribution < 1.29 is 23.9 Å². The van der Waals surface area contributed by atoms with E-state index in [1.54, 1.807) is 4.90 Å². The number of hydrogen-bond acceptors (Lipinski definition) is 7. The van der Waals surface area contributed by atoms with Gasteiger partial charge in [-0.05, 0) is 62.3 Å². The molecule has 3 amide bonds. The van der Waals surface area contributed by atoms with Gasteiger partial charge in [-0.1, -0.05) is 31.5 Å². The van der Waals surface area contributed by atoms with Crippen molar-refractivity contribution in [2.45, 2.75) is 40.5 Å². The van der Waals surface area contributed by atoms with Crippen molar-refractivity contribution in [3.05, 3.63) is 65.2 Å². The number of hydrogen-bond donors (Lipinski definition) is 4. The van der Waals surface area contributed by atoms with Crippen molar-refractivity contribution in [3.8, 4) is 5.75 Å². The summed E-state index contributed by atoms with van der Waals surface area (Å²) in [5, 5.41) is 5.52. The first-order valence-corrected chi connectivity index (χ1v) is 14.4. The lowest BCUT2D eigenvalue weighted by molar-refractivity contribution is 0.0733. The predicted molar refractivity (Wildman–Crippen MR) is 162 cm³/mol. The van der Waals surface area contributed by atoms with E-state index in [4.69, 9.17) is 9.47 Å². The van der Waals surface area contributed by atoms with Crippen LogP contribution in [0.2, 0.25) is 0 Å². The number of anilines is 2. The number of amides is 3. The Hall–Kier alpha value is -4.87. The Labute approximate surface area is 249 Å². The van der Waals surface area contributed by atoms with E-state index in [1.807, 2.05) is 64.1 Å². The molecule has 12 heteroatoms. The Morgan fingerprint density at radius 1 is 1.05 bits per heavy atom. The number of rotatable bonds is 9. The Morgan fingerprint density at radius 3 is 2.58 bits per heavy atom. The average molecular weight is 588 g/mol. The fourth-order valence-electron chi connectivity index (χ4n) is 4.91. The van der Waals surface area contributed by atoms with Crippen LogP contribution in [-0.2, 0) is 4.74 Å². The van der Waals surface area contributed by atoms with Gasteiger partial charge < -0.3 is 29.7 Å². The number of carbonyl (C=O) groups is 3. The van der Waals surface area contributed by atoms with Crippen LogP contribution in [0, 0.1) is 25.7 Å². The van der Waals surface area contributed by atoms with Crippen LogP contribution in [0.15, 0.2) is 42.7 Å². The first-order valence-electron chi connectivity index (χ1n) is 14.4. The first-order chi connectivity index (χ1) is 20.7. The molecule has 4 N–H and O–H groups in total. The fraction of sp³-hybridized carbons (Fsp3) is 0.387. The summed E-state index contributed by atoms with van der Waals surface area (Å²) in [4.78, 5) is 54.2. The number of fused-ring (bicyclic) bond motifs is 1. The maximum absolute atomic E-state index is 13.0. The molecule has 0 bridgehead atoms. The number of nitrogens with zero attached hydrogens (tertiary/aromatic N) is 3. The average Bonchev–Trinajstić information content (AvgIpc) is 3.63. The number of likely N-dealkylation sites (tertiary alicyclic amines) is 1. The Morgan fingerprint density at radius 2 is 1.84 bits per heavy atom. The minimum atomic E-state index is -0.557. The zero-order valence-electron chi connectivity index (χ0n) is 24.8. The van der Waals surface area contributed by atoms with E-state index in [2.05, 4.69) is 30.6 Å². The summed E-state index contributed by atoms with van der Waals surface area (Å²) in [5.41, 5.74) is 3.96. The maximum atomic E-state index is 13.0. The molecule has 0 radical (unpaired) electrons. The van der Waals surface area contributed by atoms with Gasteiger partial charge in [-0.2, -0.15) is 0 Å². The van der Waals surface area contributed by atoms with Gasteiger partial charge in [0.25, 0.3) is 11.8 Å². The zero-order valence-corrected chi connectivity index (χ0v) is 24.8.